The van der Waals surface area contributed by atoms with Crippen molar-refractivity contribution in [3.05, 3.63) is 0 Å². The monoisotopic (exact) mass is 379 g/mol. The first-order chi connectivity index (χ1) is 11.8. The van der Waals surface area contributed by atoms with Gasteiger partial charge in [0.15, 0.2) is 0 Å². The number of hydrogen-bond acceptors (Lipinski definition) is 4. The first-order valence-electron chi connectivity index (χ1n) is 10.2. The van der Waals surface area contributed by atoms with Crippen LogP contribution in [-0.2, 0) is 14.6 Å². The highest BCUT2D eigenvalue weighted by Gasteiger charge is 2.24. The van der Waals surface area contributed by atoms with Gasteiger partial charge in [-0.2, -0.15) is 8.42 Å². The second-order valence-corrected chi connectivity index (χ2v) is 8.68. The average Bonchev–Trinajstić information content (AvgIpc) is 2.48. The van der Waals surface area contributed by atoms with Gasteiger partial charge in [-0.25, -0.2) is 4.18 Å². The molecule has 0 fully saturated rings. The largest absolute Gasteiger partial charge is 0.397 e. The van der Waals surface area contributed by atoms with E-state index in [-0.39, 0.29) is 0 Å². The summed E-state index contributed by atoms with van der Waals surface area (Å²) in [6.07, 6.45) is 16.6. The molecule has 0 aliphatic carbocycles. The average molecular weight is 380 g/mol. The van der Waals surface area contributed by atoms with Gasteiger partial charge >= 0.3 is 10.4 Å². The van der Waals surface area contributed by atoms with Crippen LogP contribution in [0.3, 0.4) is 0 Å². The van der Waals surface area contributed by atoms with Crippen molar-refractivity contribution in [2.45, 2.75) is 110 Å². The molecule has 0 bridgehead atoms. The molecule has 0 aliphatic heterocycles. The molecule has 0 aromatic rings. The van der Waals surface area contributed by atoms with Crippen LogP contribution in [0.15, 0.2) is 0 Å². The lowest BCUT2D eigenvalue weighted by molar-refractivity contribution is 0.0907. The van der Waals surface area contributed by atoms with Crippen LogP contribution in [0.5, 0.6) is 0 Å². The summed E-state index contributed by atoms with van der Waals surface area (Å²) in [5.74, 6) is 0. The molecule has 0 heterocycles. The molecule has 0 amide bonds. The van der Waals surface area contributed by atoms with Crippen LogP contribution in [0, 0.1) is 0 Å². The molecule has 6 heteroatoms. The van der Waals surface area contributed by atoms with Gasteiger partial charge in [-0.1, -0.05) is 77.6 Å². The molecular weight excluding hydrogens is 338 g/mol. The molecule has 0 saturated heterocycles. The van der Waals surface area contributed by atoms with E-state index >= 15 is 0 Å². The first-order valence-corrected chi connectivity index (χ1v) is 11.5. The molecule has 0 aromatic carbocycles. The molecule has 152 valence electrons. The summed E-state index contributed by atoms with van der Waals surface area (Å²) in [4.78, 5) is 0. The van der Waals surface area contributed by atoms with Crippen LogP contribution in [0.25, 0.3) is 0 Å². The van der Waals surface area contributed by atoms with E-state index in [4.69, 9.17) is 4.55 Å². The summed E-state index contributed by atoms with van der Waals surface area (Å²) in [5.41, 5.74) is -0.878. The predicted molar refractivity (Wildman–Crippen MR) is 105 cm³/mol. The zero-order chi connectivity index (χ0) is 19.0. The van der Waals surface area contributed by atoms with Gasteiger partial charge in [0.05, 0.1) is 5.60 Å². The van der Waals surface area contributed by atoms with Crippen LogP contribution < -0.4 is 5.32 Å². The molecule has 2 N–H and O–H groups in total. The molecule has 0 unspecified atom stereocenters. The zero-order valence-corrected chi connectivity index (χ0v) is 17.5. The second-order valence-electron chi connectivity index (χ2n) is 7.66. The van der Waals surface area contributed by atoms with Crippen molar-refractivity contribution in [2.75, 3.05) is 13.1 Å². The Balaban J connectivity index is 3.29. The van der Waals surface area contributed by atoms with Crippen molar-refractivity contribution in [2.24, 2.45) is 0 Å². The van der Waals surface area contributed by atoms with Gasteiger partial charge in [-0.3, -0.25) is 4.55 Å². The van der Waals surface area contributed by atoms with Gasteiger partial charge in [-0.15, -0.1) is 0 Å². The normalized spacial score (nSPS) is 12.6. The lowest BCUT2D eigenvalue weighted by atomic mass is 10.0. The molecule has 0 spiro atoms. The summed E-state index contributed by atoms with van der Waals surface area (Å²) in [7, 11) is -4.38. The minimum absolute atomic E-state index is 0.533. The third kappa shape index (κ3) is 20.0. The third-order valence-electron chi connectivity index (χ3n) is 4.44. The smallest absolute Gasteiger partial charge is 0.317 e. The van der Waals surface area contributed by atoms with Gasteiger partial charge in [0, 0.05) is 0 Å². The van der Waals surface area contributed by atoms with Gasteiger partial charge in [0.1, 0.15) is 0 Å². The fraction of sp³-hybridized carbons (Fsp3) is 1.00. The predicted octanol–water partition coefficient (Wildman–Crippen LogP) is 5.27. The first kappa shape index (κ1) is 24.8. The molecule has 0 aliphatic rings. The van der Waals surface area contributed by atoms with E-state index < -0.39 is 16.0 Å². The Morgan fingerprint density at radius 3 is 1.68 bits per heavy atom. The molecule has 0 radical (unpaired) electrons. The van der Waals surface area contributed by atoms with Crippen molar-refractivity contribution in [1.82, 2.24) is 5.32 Å². The van der Waals surface area contributed by atoms with Crippen molar-refractivity contribution in [3.8, 4) is 0 Å². The topological polar surface area (TPSA) is 75.6 Å². The Morgan fingerprint density at radius 2 is 1.24 bits per heavy atom. The molecular formula is C19H41NO4S. The van der Waals surface area contributed by atoms with Crippen molar-refractivity contribution in [1.29, 1.82) is 0 Å². The van der Waals surface area contributed by atoms with Crippen LogP contribution >= 0.6 is 0 Å². The summed E-state index contributed by atoms with van der Waals surface area (Å²) < 4.78 is 34.8. The maximum absolute atomic E-state index is 10.7. The van der Waals surface area contributed by atoms with Crippen molar-refractivity contribution >= 4 is 10.4 Å². The summed E-state index contributed by atoms with van der Waals surface area (Å²) in [5, 5.41) is 3.31. The van der Waals surface area contributed by atoms with Crippen LogP contribution in [0.2, 0.25) is 0 Å². The van der Waals surface area contributed by atoms with E-state index in [1.165, 1.54) is 70.6 Å². The number of rotatable bonds is 18. The van der Waals surface area contributed by atoms with E-state index in [1.54, 1.807) is 13.8 Å². The number of unbranched alkanes of at least 4 members (excludes halogenated alkanes) is 11. The minimum atomic E-state index is -4.38. The Kier molecular flexibility index (Phi) is 14.8. The summed E-state index contributed by atoms with van der Waals surface area (Å²) in [6.45, 7) is 7.20. The Labute approximate surface area is 156 Å². The summed E-state index contributed by atoms with van der Waals surface area (Å²) >= 11 is 0. The van der Waals surface area contributed by atoms with Crippen LogP contribution in [0.1, 0.15) is 104 Å². The van der Waals surface area contributed by atoms with Gasteiger partial charge < -0.3 is 5.32 Å². The third-order valence-corrected chi connectivity index (χ3v) is 5.10. The fourth-order valence-corrected chi connectivity index (χ4v) is 3.59. The van der Waals surface area contributed by atoms with Crippen molar-refractivity contribution < 1.29 is 17.2 Å². The van der Waals surface area contributed by atoms with E-state index in [9.17, 15) is 8.42 Å². The van der Waals surface area contributed by atoms with E-state index in [1.807, 2.05) is 0 Å². The SMILES string of the molecule is CCCCCCCCCCCCCCNCCC(C)(C)OS(=O)(=O)O. The minimum Gasteiger partial charge on any atom is -0.317 e. The van der Waals surface area contributed by atoms with E-state index in [0.29, 0.717) is 13.0 Å². The number of hydrogen-bond donors (Lipinski definition) is 2. The fourth-order valence-electron chi connectivity index (χ4n) is 2.93. The van der Waals surface area contributed by atoms with E-state index in [0.717, 1.165) is 13.0 Å². The molecule has 5 nitrogen and oxygen atoms in total. The Morgan fingerprint density at radius 1 is 0.800 bits per heavy atom. The molecule has 0 rings (SSSR count). The molecule has 25 heavy (non-hydrogen) atoms. The standard InChI is InChI=1S/C19H41NO4S/c1-4-5-6-7-8-9-10-11-12-13-14-15-17-20-18-16-19(2,3)24-25(21,22)23/h20H,4-18H2,1-3H3,(H,21,22,23). The van der Waals surface area contributed by atoms with Crippen LogP contribution in [-0.4, -0.2) is 31.7 Å². The summed E-state index contributed by atoms with van der Waals surface area (Å²) in [6, 6.07) is 0. The second kappa shape index (κ2) is 14.9. The maximum Gasteiger partial charge on any atom is 0.397 e. The Bertz CT molecular complexity index is 396. The van der Waals surface area contributed by atoms with Gasteiger partial charge in [0.2, 0.25) is 0 Å². The van der Waals surface area contributed by atoms with Gasteiger partial charge in [-0.05, 0) is 39.8 Å². The lowest BCUT2D eigenvalue weighted by Gasteiger charge is -2.22. The zero-order valence-electron chi connectivity index (χ0n) is 16.7. The van der Waals surface area contributed by atoms with Crippen LogP contribution in [0.4, 0.5) is 0 Å². The Hall–Kier alpha value is -0.170. The molecule has 0 atom stereocenters. The number of nitrogens with one attached hydrogen (secondary N) is 1. The molecule has 0 saturated carbocycles. The lowest BCUT2D eigenvalue weighted by Crippen LogP contribution is -2.32. The highest BCUT2D eigenvalue weighted by molar-refractivity contribution is 7.80. The molecule has 0 aromatic heterocycles. The van der Waals surface area contributed by atoms with E-state index in [2.05, 4.69) is 16.4 Å². The quantitative estimate of drug-likeness (QED) is 0.251. The highest BCUT2D eigenvalue weighted by Crippen LogP contribution is 2.16. The highest BCUT2D eigenvalue weighted by atomic mass is 32.3. The maximum atomic E-state index is 10.7. The van der Waals surface area contributed by atoms with Gasteiger partial charge in [0.25, 0.3) is 0 Å². The van der Waals surface area contributed by atoms with Crippen molar-refractivity contribution in [3.63, 3.8) is 0 Å².